The molecule has 0 radical (unpaired) electrons. The van der Waals surface area contributed by atoms with Gasteiger partial charge in [-0.3, -0.25) is 0 Å². The zero-order chi connectivity index (χ0) is 16.8. The van der Waals surface area contributed by atoms with E-state index in [2.05, 4.69) is 15.0 Å². The van der Waals surface area contributed by atoms with Gasteiger partial charge in [0, 0.05) is 5.54 Å². The average Bonchev–Trinajstić information content (AvgIpc) is 2.37. The van der Waals surface area contributed by atoms with E-state index in [0.717, 1.165) is 5.56 Å². The van der Waals surface area contributed by atoms with Gasteiger partial charge in [-0.15, -0.1) is 24.0 Å². The van der Waals surface area contributed by atoms with Crippen molar-refractivity contribution in [3.05, 3.63) is 23.8 Å². The molecule has 1 aromatic carbocycles. The molecule has 1 rings (SSSR count). The third kappa shape index (κ3) is 8.77. The molecule has 0 aliphatic carbocycles. The Morgan fingerprint density at radius 3 is 2.48 bits per heavy atom. The van der Waals surface area contributed by atoms with Crippen LogP contribution in [0.2, 0.25) is 0 Å². The summed E-state index contributed by atoms with van der Waals surface area (Å²) in [5.41, 5.74) is 6.38. The minimum atomic E-state index is -2.89. The van der Waals surface area contributed by atoms with Gasteiger partial charge in [-0.05, 0) is 45.4 Å². The number of hydrogen-bond donors (Lipinski definition) is 2. The number of alkyl halides is 2. The molecule has 0 aliphatic rings. The highest BCUT2D eigenvalue weighted by Gasteiger charge is 2.12. The normalized spacial score (nSPS) is 11.9. The van der Waals surface area contributed by atoms with Crippen molar-refractivity contribution in [2.45, 2.75) is 46.4 Å². The predicted octanol–water partition coefficient (Wildman–Crippen LogP) is 3.51. The van der Waals surface area contributed by atoms with Crippen LogP contribution in [0.3, 0.4) is 0 Å². The van der Waals surface area contributed by atoms with E-state index in [9.17, 15) is 8.78 Å². The van der Waals surface area contributed by atoms with Gasteiger partial charge in [0.2, 0.25) is 0 Å². The third-order valence-electron chi connectivity index (χ3n) is 2.46. The molecule has 0 atom stereocenters. The van der Waals surface area contributed by atoms with E-state index >= 15 is 0 Å². The van der Waals surface area contributed by atoms with Gasteiger partial charge in [0.1, 0.15) is 0 Å². The fraction of sp³-hybridized carbons (Fsp3) is 0.533. The van der Waals surface area contributed by atoms with Crippen molar-refractivity contribution >= 4 is 29.9 Å². The van der Waals surface area contributed by atoms with Gasteiger partial charge >= 0.3 is 6.61 Å². The van der Waals surface area contributed by atoms with Crippen molar-refractivity contribution in [2.75, 3.05) is 6.61 Å². The summed E-state index contributed by atoms with van der Waals surface area (Å²) in [5.74, 6) is 0.585. The van der Waals surface area contributed by atoms with Crippen LogP contribution in [-0.4, -0.2) is 24.7 Å². The second kappa shape index (κ2) is 9.74. The lowest BCUT2D eigenvalue weighted by molar-refractivity contribution is -0.0514. The summed E-state index contributed by atoms with van der Waals surface area (Å²) in [7, 11) is 0. The minimum absolute atomic E-state index is 0. The van der Waals surface area contributed by atoms with Crippen LogP contribution < -0.4 is 20.5 Å². The molecule has 0 bridgehead atoms. The number of nitrogens with zero attached hydrogens (tertiary/aromatic N) is 1. The van der Waals surface area contributed by atoms with Crippen molar-refractivity contribution in [1.82, 2.24) is 5.32 Å². The predicted molar refractivity (Wildman–Crippen MR) is 97.9 cm³/mol. The second-order valence-electron chi connectivity index (χ2n) is 5.67. The van der Waals surface area contributed by atoms with Gasteiger partial charge in [0.25, 0.3) is 0 Å². The summed E-state index contributed by atoms with van der Waals surface area (Å²) in [4.78, 5) is 4.21. The van der Waals surface area contributed by atoms with Gasteiger partial charge < -0.3 is 20.5 Å². The van der Waals surface area contributed by atoms with Crippen LogP contribution in [-0.2, 0) is 6.54 Å². The third-order valence-corrected chi connectivity index (χ3v) is 2.46. The molecule has 0 fully saturated rings. The Balaban J connectivity index is 0.00000484. The van der Waals surface area contributed by atoms with Gasteiger partial charge in [0.05, 0.1) is 13.2 Å². The molecule has 0 aromatic heterocycles. The van der Waals surface area contributed by atoms with Crippen molar-refractivity contribution in [1.29, 1.82) is 0 Å². The number of nitrogens with two attached hydrogens (primary N) is 1. The lowest BCUT2D eigenvalue weighted by Gasteiger charge is -2.21. The van der Waals surface area contributed by atoms with Crippen LogP contribution in [0.15, 0.2) is 23.2 Å². The maximum atomic E-state index is 12.3. The quantitative estimate of drug-likeness (QED) is 0.401. The number of aliphatic imine (C=N–C) groups is 1. The Morgan fingerprint density at radius 1 is 1.30 bits per heavy atom. The molecule has 0 heterocycles. The largest absolute Gasteiger partial charge is 0.490 e. The van der Waals surface area contributed by atoms with Gasteiger partial charge in [0.15, 0.2) is 17.5 Å². The Bertz CT molecular complexity index is 520. The van der Waals surface area contributed by atoms with Gasteiger partial charge in [-0.1, -0.05) is 6.07 Å². The first-order valence-electron chi connectivity index (χ1n) is 7.00. The van der Waals surface area contributed by atoms with Crippen molar-refractivity contribution in [3.63, 3.8) is 0 Å². The fourth-order valence-electron chi connectivity index (χ4n) is 1.71. The molecule has 5 nitrogen and oxygen atoms in total. The summed E-state index contributed by atoms with van der Waals surface area (Å²) in [5, 5.41) is 3.04. The molecule has 3 N–H and O–H groups in total. The van der Waals surface area contributed by atoms with E-state index in [1.165, 1.54) is 6.07 Å². The van der Waals surface area contributed by atoms with Gasteiger partial charge in [-0.2, -0.15) is 8.78 Å². The molecule has 0 aliphatic heterocycles. The molecule has 8 heteroatoms. The molecular formula is C15H24F2IN3O2. The molecule has 1 aromatic rings. The van der Waals surface area contributed by atoms with Crippen LogP contribution in [0.5, 0.6) is 11.5 Å². The molecular weight excluding hydrogens is 419 g/mol. The average molecular weight is 443 g/mol. The molecule has 0 saturated heterocycles. The maximum absolute atomic E-state index is 12.3. The van der Waals surface area contributed by atoms with Crippen LogP contribution in [0, 0.1) is 0 Å². The van der Waals surface area contributed by atoms with E-state index < -0.39 is 6.61 Å². The first-order valence-corrected chi connectivity index (χ1v) is 7.00. The zero-order valence-corrected chi connectivity index (χ0v) is 16.1. The monoisotopic (exact) mass is 443 g/mol. The highest BCUT2D eigenvalue weighted by molar-refractivity contribution is 14.0. The van der Waals surface area contributed by atoms with Crippen molar-refractivity contribution in [2.24, 2.45) is 10.7 Å². The molecule has 23 heavy (non-hydrogen) atoms. The fourth-order valence-corrected chi connectivity index (χ4v) is 1.71. The number of ether oxygens (including phenoxy) is 2. The van der Waals surface area contributed by atoms with E-state index in [4.69, 9.17) is 10.5 Å². The van der Waals surface area contributed by atoms with Crippen LogP contribution in [0.1, 0.15) is 33.3 Å². The molecule has 0 saturated carbocycles. The standard InChI is InChI=1S/C15H23F2N3O2.HI/c1-5-21-12-8-10(6-7-11(12)22-13(16)17)9-19-14(18)20-15(2,3)4;/h6-8,13H,5,9H2,1-4H3,(H3,18,19,20);1H. The van der Waals surface area contributed by atoms with Gasteiger partial charge in [-0.25, -0.2) is 4.99 Å². The van der Waals surface area contributed by atoms with Crippen LogP contribution in [0.4, 0.5) is 8.78 Å². The molecule has 0 amide bonds. The second-order valence-corrected chi connectivity index (χ2v) is 5.67. The number of guanidine groups is 1. The molecule has 0 unspecified atom stereocenters. The Morgan fingerprint density at radius 2 is 1.96 bits per heavy atom. The number of hydrogen-bond acceptors (Lipinski definition) is 3. The Hall–Kier alpha value is -1.32. The number of nitrogens with one attached hydrogen (secondary N) is 1. The number of benzene rings is 1. The molecule has 132 valence electrons. The van der Waals surface area contributed by atoms with Crippen molar-refractivity contribution < 1.29 is 18.3 Å². The van der Waals surface area contributed by atoms with Crippen LogP contribution >= 0.6 is 24.0 Å². The SMILES string of the molecule is CCOc1cc(CN=C(N)NC(C)(C)C)ccc1OC(F)F.I. The van der Waals surface area contributed by atoms with E-state index in [1.54, 1.807) is 19.1 Å². The summed E-state index contributed by atoms with van der Waals surface area (Å²) in [6.45, 7) is 5.44. The Labute approximate surface area is 152 Å². The topological polar surface area (TPSA) is 68.9 Å². The lowest BCUT2D eigenvalue weighted by Crippen LogP contribution is -2.44. The molecule has 0 spiro atoms. The van der Waals surface area contributed by atoms with E-state index in [-0.39, 0.29) is 41.0 Å². The van der Waals surface area contributed by atoms with E-state index in [1.807, 2.05) is 20.8 Å². The lowest BCUT2D eigenvalue weighted by atomic mass is 10.1. The van der Waals surface area contributed by atoms with Crippen molar-refractivity contribution in [3.8, 4) is 11.5 Å². The highest BCUT2D eigenvalue weighted by Crippen LogP contribution is 2.30. The summed E-state index contributed by atoms with van der Waals surface area (Å²) < 4.78 is 34.4. The number of halogens is 3. The summed E-state index contributed by atoms with van der Waals surface area (Å²) in [6, 6.07) is 4.71. The zero-order valence-electron chi connectivity index (χ0n) is 13.7. The summed E-state index contributed by atoms with van der Waals surface area (Å²) in [6.07, 6.45) is 0. The highest BCUT2D eigenvalue weighted by atomic mass is 127. The first-order chi connectivity index (χ1) is 10.2. The minimum Gasteiger partial charge on any atom is -0.490 e. The van der Waals surface area contributed by atoms with Crippen LogP contribution in [0.25, 0.3) is 0 Å². The number of rotatable bonds is 6. The van der Waals surface area contributed by atoms with E-state index in [0.29, 0.717) is 19.1 Å². The Kier molecular flexibility index (Phi) is 9.18. The smallest absolute Gasteiger partial charge is 0.387 e. The first kappa shape index (κ1) is 21.7. The summed E-state index contributed by atoms with van der Waals surface area (Å²) >= 11 is 0. The maximum Gasteiger partial charge on any atom is 0.387 e.